The molecule has 0 spiro atoms. The summed E-state index contributed by atoms with van der Waals surface area (Å²) in [7, 11) is 0. The maximum Gasteiger partial charge on any atom is 0.254 e. The number of hydrogen-bond donors (Lipinski definition) is 2. The smallest absolute Gasteiger partial charge is 0.254 e. The fourth-order valence-electron chi connectivity index (χ4n) is 1.78. The van der Waals surface area contributed by atoms with Gasteiger partial charge in [0, 0.05) is 0 Å². The van der Waals surface area contributed by atoms with Gasteiger partial charge in [-0.2, -0.15) is 0 Å². The zero-order chi connectivity index (χ0) is 15.2. The average molecular weight is 290 g/mol. The summed E-state index contributed by atoms with van der Waals surface area (Å²) in [5, 5.41) is 5.20. The Balaban J connectivity index is 1.81. The molecule has 1 aromatic carbocycles. The monoisotopic (exact) mass is 290 g/mol. The van der Waals surface area contributed by atoms with Gasteiger partial charge >= 0.3 is 0 Å². The molecule has 1 heterocycles. The van der Waals surface area contributed by atoms with Crippen molar-refractivity contribution in [3.8, 4) is 0 Å². The Labute approximate surface area is 121 Å². The fraction of sp³-hybridized carbons (Fsp3) is 0.200. The van der Waals surface area contributed by atoms with Gasteiger partial charge in [-0.25, -0.2) is 4.39 Å². The molecule has 2 amide bonds. The van der Waals surface area contributed by atoms with Gasteiger partial charge in [-0.3, -0.25) is 9.59 Å². The highest BCUT2D eigenvalue weighted by molar-refractivity contribution is 5.96. The normalized spacial score (nSPS) is 11.7. The first kappa shape index (κ1) is 14.8. The minimum atomic E-state index is -0.381. The van der Waals surface area contributed by atoms with Crippen molar-refractivity contribution in [3.63, 3.8) is 0 Å². The molecule has 110 valence electrons. The molecule has 21 heavy (non-hydrogen) atoms. The molecule has 2 aromatic rings. The van der Waals surface area contributed by atoms with Crippen LogP contribution in [0.1, 0.15) is 28.9 Å². The number of amides is 2. The molecule has 1 atom stereocenters. The van der Waals surface area contributed by atoms with Crippen LogP contribution >= 0.6 is 0 Å². The van der Waals surface area contributed by atoms with E-state index in [0.29, 0.717) is 5.56 Å². The predicted octanol–water partition coefficient (Wildman–Crippen LogP) is 2.03. The summed E-state index contributed by atoms with van der Waals surface area (Å²) in [6, 6.07) is 7.10. The number of furan rings is 1. The molecule has 0 saturated carbocycles. The maximum absolute atomic E-state index is 12.8. The van der Waals surface area contributed by atoms with Crippen molar-refractivity contribution in [2.24, 2.45) is 0 Å². The number of rotatable bonds is 5. The van der Waals surface area contributed by atoms with E-state index >= 15 is 0 Å². The maximum atomic E-state index is 12.8. The number of carbonyl (C=O) groups is 2. The van der Waals surface area contributed by atoms with E-state index in [4.69, 9.17) is 4.42 Å². The van der Waals surface area contributed by atoms with Crippen LogP contribution in [0.2, 0.25) is 0 Å². The van der Waals surface area contributed by atoms with Crippen LogP contribution in [0, 0.1) is 5.82 Å². The molecule has 0 aliphatic carbocycles. The molecule has 6 heteroatoms. The third-order valence-corrected chi connectivity index (χ3v) is 2.94. The van der Waals surface area contributed by atoms with Crippen LogP contribution in [-0.4, -0.2) is 18.4 Å². The largest absolute Gasteiger partial charge is 0.472 e. The number of benzene rings is 1. The Bertz CT molecular complexity index is 608. The van der Waals surface area contributed by atoms with E-state index in [1.165, 1.54) is 30.7 Å². The molecule has 0 radical (unpaired) electrons. The quantitative estimate of drug-likeness (QED) is 0.885. The predicted molar refractivity (Wildman–Crippen MR) is 74.0 cm³/mol. The summed E-state index contributed by atoms with van der Waals surface area (Å²) in [6.07, 6.45) is 2.68. The van der Waals surface area contributed by atoms with E-state index in [2.05, 4.69) is 10.6 Å². The van der Waals surface area contributed by atoms with Gasteiger partial charge < -0.3 is 15.1 Å². The van der Waals surface area contributed by atoms with Crippen molar-refractivity contribution in [2.75, 3.05) is 6.54 Å². The van der Waals surface area contributed by atoms with Crippen LogP contribution in [0.25, 0.3) is 0 Å². The van der Waals surface area contributed by atoms with Gasteiger partial charge in [0.1, 0.15) is 12.1 Å². The van der Waals surface area contributed by atoms with Crippen LogP contribution in [0.5, 0.6) is 0 Å². The van der Waals surface area contributed by atoms with Crippen molar-refractivity contribution in [3.05, 3.63) is 59.8 Å². The number of halogens is 1. The molecular formula is C15H15FN2O3. The zero-order valence-corrected chi connectivity index (χ0v) is 11.4. The molecule has 1 aromatic heterocycles. The summed E-state index contributed by atoms with van der Waals surface area (Å²) in [6.45, 7) is 1.64. The summed E-state index contributed by atoms with van der Waals surface area (Å²) in [5.74, 6) is -1.04. The number of hydrogen-bond acceptors (Lipinski definition) is 3. The van der Waals surface area contributed by atoms with E-state index < -0.39 is 0 Å². The Hall–Kier alpha value is -2.63. The van der Waals surface area contributed by atoms with E-state index in [0.717, 1.165) is 5.56 Å². The second-order valence-electron chi connectivity index (χ2n) is 4.54. The fourth-order valence-corrected chi connectivity index (χ4v) is 1.78. The first-order chi connectivity index (χ1) is 10.1. The molecular weight excluding hydrogens is 275 g/mol. The number of nitrogens with one attached hydrogen (secondary N) is 2. The van der Waals surface area contributed by atoms with Crippen molar-refractivity contribution in [1.82, 2.24) is 10.6 Å². The molecule has 0 fully saturated rings. The van der Waals surface area contributed by atoms with E-state index in [9.17, 15) is 14.0 Å². The van der Waals surface area contributed by atoms with Gasteiger partial charge in [-0.15, -0.1) is 0 Å². The molecule has 0 saturated heterocycles. The molecule has 5 nitrogen and oxygen atoms in total. The highest BCUT2D eigenvalue weighted by Gasteiger charge is 2.12. The summed E-state index contributed by atoms with van der Waals surface area (Å²) in [5.41, 5.74) is 1.14. The van der Waals surface area contributed by atoms with Gasteiger partial charge in [-0.05, 0) is 30.7 Å². The molecule has 0 unspecified atom stereocenters. The van der Waals surface area contributed by atoms with Gasteiger partial charge in [0.2, 0.25) is 5.91 Å². The topological polar surface area (TPSA) is 71.3 Å². The molecule has 2 N–H and O–H groups in total. The Morgan fingerprint density at radius 3 is 2.57 bits per heavy atom. The first-order valence-corrected chi connectivity index (χ1v) is 6.41. The van der Waals surface area contributed by atoms with E-state index in [1.54, 1.807) is 19.1 Å². The van der Waals surface area contributed by atoms with Crippen molar-refractivity contribution in [2.45, 2.75) is 13.0 Å². The third kappa shape index (κ3) is 4.17. The second-order valence-corrected chi connectivity index (χ2v) is 4.54. The highest BCUT2D eigenvalue weighted by atomic mass is 19.1. The van der Waals surface area contributed by atoms with Crippen molar-refractivity contribution in [1.29, 1.82) is 0 Å². The molecule has 0 aliphatic heterocycles. The van der Waals surface area contributed by atoms with Crippen LogP contribution in [0.3, 0.4) is 0 Å². The highest BCUT2D eigenvalue weighted by Crippen LogP contribution is 2.12. The Kier molecular flexibility index (Phi) is 4.71. The van der Waals surface area contributed by atoms with Gasteiger partial charge in [-0.1, -0.05) is 12.1 Å². The van der Waals surface area contributed by atoms with Crippen molar-refractivity contribution >= 4 is 11.8 Å². The van der Waals surface area contributed by atoms with Gasteiger partial charge in [0.25, 0.3) is 5.91 Å². The second kappa shape index (κ2) is 6.69. The summed E-state index contributed by atoms with van der Waals surface area (Å²) < 4.78 is 17.6. The molecule has 0 aliphatic rings. The van der Waals surface area contributed by atoms with E-state index in [-0.39, 0.29) is 30.2 Å². The van der Waals surface area contributed by atoms with E-state index in [1.807, 2.05) is 0 Å². The van der Waals surface area contributed by atoms with Crippen LogP contribution in [0.15, 0.2) is 47.3 Å². The van der Waals surface area contributed by atoms with Gasteiger partial charge in [0.05, 0.1) is 24.4 Å². The zero-order valence-electron chi connectivity index (χ0n) is 11.4. The SMILES string of the molecule is C[C@@H](NC(=O)CNC(=O)c1ccoc1)c1ccc(F)cc1. The lowest BCUT2D eigenvalue weighted by atomic mass is 10.1. The minimum Gasteiger partial charge on any atom is -0.472 e. The summed E-state index contributed by atoms with van der Waals surface area (Å²) in [4.78, 5) is 23.4. The van der Waals surface area contributed by atoms with Crippen LogP contribution in [-0.2, 0) is 4.79 Å². The standard InChI is InChI=1S/C15H15FN2O3/c1-10(11-2-4-13(16)5-3-11)18-14(19)8-17-15(20)12-6-7-21-9-12/h2-7,9-10H,8H2,1H3,(H,17,20)(H,18,19)/t10-/m1/s1. The lowest BCUT2D eigenvalue weighted by molar-refractivity contribution is -0.120. The third-order valence-electron chi connectivity index (χ3n) is 2.94. The lowest BCUT2D eigenvalue weighted by Crippen LogP contribution is -2.37. The first-order valence-electron chi connectivity index (χ1n) is 6.41. The van der Waals surface area contributed by atoms with Crippen LogP contribution < -0.4 is 10.6 Å². The van der Waals surface area contributed by atoms with Gasteiger partial charge in [0.15, 0.2) is 0 Å². The average Bonchev–Trinajstić information content (AvgIpc) is 2.99. The Morgan fingerprint density at radius 1 is 1.24 bits per heavy atom. The van der Waals surface area contributed by atoms with Crippen molar-refractivity contribution < 1.29 is 18.4 Å². The summed E-state index contributed by atoms with van der Waals surface area (Å²) >= 11 is 0. The molecule has 0 bridgehead atoms. The minimum absolute atomic E-state index is 0.143. The number of carbonyl (C=O) groups excluding carboxylic acids is 2. The Morgan fingerprint density at radius 2 is 1.95 bits per heavy atom. The van der Waals surface area contributed by atoms with Crippen LogP contribution in [0.4, 0.5) is 4.39 Å². The lowest BCUT2D eigenvalue weighted by Gasteiger charge is -2.14. The molecule has 2 rings (SSSR count).